The highest BCUT2D eigenvalue weighted by Gasteiger charge is 2.19. The number of hydrogen-bond acceptors (Lipinski definition) is 3. The Hall–Kier alpha value is -2.56. The van der Waals surface area contributed by atoms with Gasteiger partial charge in [0.25, 0.3) is 5.91 Å². The second kappa shape index (κ2) is 8.17. The standard InChI is InChI=1S/C18H22N2O3/c1-3-8-15(14-9-5-4-6-10-14)19-17(21)13-20(2)18(22)16-11-7-12-23-16/h4-7,9-12,15H,3,8,13H2,1-2H3,(H,19,21). The highest BCUT2D eigenvalue weighted by atomic mass is 16.3. The summed E-state index contributed by atoms with van der Waals surface area (Å²) in [6.07, 6.45) is 3.25. The zero-order chi connectivity index (χ0) is 16.7. The Morgan fingerprint density at radius 2 is 1.91 bits per heavy atom. The molecule has 1 heterocycles. The van der Waals surface area contributed by atoms with Crippen molar-refractivity contribution in [2.24, 2.45) is 0 Å². The minimum atomic E-state index is -0.308. The van der Waals surface area contributed by atoms with Crippen LogP contribution in [0, 0.1) is 0 Å². The Balaban J connectivity index is 1.95. The zero-order valence-electron chi connectivity index (χ0n) is 13.5. The van der Waals surface area contributed by atoms with Gasteiger partial charge in [0.2, 0.25) is 5.91 Å². The normalized spacial score (nSPS) is 11.7. The third kappa shape index (κ3) is 4.71. The van der Waals surface area contributed by atoms with Crippen LogP contribution in [0.1, 0.15) is 41.9 Å². The van der Waals surface area contributed by atoms with Crippen molar-refractivity contribution in [3.05, 3.63) is 60.1 Å². The number of carbonyl (C=O) groups excluding carboxylic acids is 2. The second-order valence-corrected chi connectivity index (χ2v) is 5.46. The monoisotopic (exact) mass is 314 g/mol. The maximum Gasteiger partial charge on any atom is 0.289 e. The van der Waals surface area contributed by atoms with Gasteiger partial charge in [-0.2, -0.15) is 0 Å². The molecule has 122 valence electrons. The van der Waals surface area contributed by atoms with Gasteiger partial charge in [-0.15, -0.1) is 0 Å². The van der Waals surface area contributed by atoms with E-state index in [9.17, 15) is 9.59 Å². The topological polar surface area (TPSA) is 62.6 Å². The summed E-state index contributed by atoms with van der Waals surface area (Å²) in [5, 5.41) is 3.00. The van der Waals surface area contributed by atoms with Crippen molar-refractivity contribution in [3.8, 4) is 0 Å². The first-order valence-electron chi connectivity index (χ1n) is 7.75. The van der Waals surface area contributed by atoms with E-state index >= 15 is 0 Å². The molecule has 2 aromatic rings. The summed E-state index contributed by atoms with van der Waals surface area (Å²) >= 11 is 0. The Morgan fingerprint density at radius 3 is 2.52 bits per heavy atom. The van der Waals surface area contributed by atoms with Crippen molar-refractivity contribution >= 4 is 11.8 Å². The zero-order valence-corrected chi connectivity index (χ0v) is 13.5. The van der Waals surface area contributed by atoms with E-state index < -0.39 is 0 Å². The lowest BCUT2D eigenvalue weighted by molar-refractivity contribution is -0.122. The first-order chi connectivity index (χ1) is 11.1. The van der Waals surface area contributed by atoms with Crippen LogP contribution in [0.15, 0.2) is 53.1 Å². The number of rotatable bonds is 7. The summed E-state index contributed by atoms with van der Waals surface area (Å²) in [7, 11) is 1.59. The Bertz CT molecular complexity index is 623. The molecule has 1 aromatic heterocycles. The van der Waals surface area contributed by atoms with Gasteiger partial charge in [0.05, 0.1) is 18.8 Å². The lowest BCUT2D eigenvalue weighted by Crippen LogP contribution is -2.39. The molecule has 0 radical (unpaired) electrons. The minimum absolute atomic E-state index is 0.00736. The number of amides is 2. The Morgan fingerprint density at radius 1 is 1.17 bits per heavy atom. The first-order valence-corrected chi connectivity index (χ1v) is 7.75. The molecule has 0 fully saturated rings. The quantitative estimate of drug-likeness (QED) is 0.854. The largest absolute Gasteiger partial charge is 0.459 e. The lowest BCUT2D eigenvalue weighted by Gasteiger charge is -2.21. The van der Waals surface area contributed by atoms with Gasteiger partial charge in [0, 0.05) is 7.05 Å². The van der Waals surface area contributed by atoms with Crippen LogP contribution in [0.2, 0.25) is 0 Å². The van der Waals surface area contributed by atoms with E-state index in [0.29, 0.717) is 0 Å². The maximum absolute atomic E-state index is 12.3. The summed E-state index contributed by atoms with van der Waals surface area (Å²) in [5.74, 6) is -0.264. The van der Waals surface area contributed by atoms with E-state index in [1.165, 1.54) is 11.2 Å². The lowest BCUT2D eigenvalue weighted by atomic mass is 10.0. The summed E-state index contributed by atoms with van der Waals surface area (Å²) in [6, 6.07) is 13.0. The van der Waals surface area contributed by atoms with E-state index in [1.54, 1.807) is 19.2 Å². The molecular formula is C18H22N2O3. The number of hydrogen-bond donors (Lipinski definition) is 1. The highest BCUT2D eigenvalue weighted by molar-refractivity contribution is 5.94. The molecule has 0 saturated heterocycles. The summed E-state index contributed by atoms with van der Waals surface area (Å²) < 4.78 is 5.06. The van der Waals surface area contributed by atoms with Crippen molar-refractivity contribution < 1.29 is 14.0 Å². The number of likely N-dealkylation sites (N-methyl/N-ethyl adjacent to an activating group) is 1. The molecular weight excluding hydrogens is 292 g/mol. The van der Waals surface area contributed by atoms with Crippen LogP contribution >= 0.6 is 0 Å². The molecule has 1 aromatic carbocycles. The van der Waals surface area contributed by atoms with Crippen LogP contribution in [0.4, 0.5) is 0 Å². The van der Waals surface area contributed by atoms with Crippen molar-refractivity contribution in [3.63, 3.8) is 0 Å². The molecule has 5 heteroatoms. The number of nitrogens with zero attached hydrogens (tertiary/aromatic N) is 1. The van der Waals surface area contributed by atoms with E-state index in [4.69, 9.17) is 4.42 Å². The molecule has 1 N–H and O–H groups in total. The molecule has 5 nitrogen and oxygen atoms in total. The third-order valence-electron chi connectivity index (χ3n) is 3.57. The molecule has 0 aliphatic heterocycles. The Kier molecular flexibility index (Phi) is 5.97. The minimum Gasteiger partial charge on any atom is -0.459 e. The highest BCUT2D eigenvalue weighted by Crippen LogP contribution is 2.18. The molecule has 23 heavy (non-hydrogen) atoms. The van der Waals surface area contributed by atoms with Gasteiger partial charge in [-0.25, -0.2) is 0 Å². The van der Waals surface area contributed by atoms with Crippen LogP contribution in [-0.2, 0) is 4.79 Å². The summed E-state index contributed by atoms with van der Waals surface area (Å²) in [5.41, 5.74) is 1.07. The SMILES string of the molecule is CCCC(NC(=O)CN(C)C(=O)c1ccco1)c1ccccc1. The van der Waals surface area contributed by atoms with Crippen molar-refractivity contribution in [2.75, 3.05) is 13.6 Å². The number of benzene rings is 1. The first kappa shape index (κ1) is 16.8. The maximum atomic E-state index is 12.3. The molecule has 1 unspecified atom stereocenters. The van der Waals surface area contributed by atoms with Gasteiger partial charge in [0.1, 0.15) is 0 Å². The fraction of sp³-hybridized carbons (Fsp3) is 0.333. The van der Waals surface area contributed by atoms with Gasteiger partial charge in [-0.1, -0.05) is 43.7 Å². The van der Waals surface area contributed by atoms with Crippen molar-refractivity contribution in [1.82, 2.24) is 10.2 Å². The van der Waals surface area contributed by atoms with Crippen LogP contribution < -0.4 is 5.32 Å². The Labute approximate surface area is 136 Å². The van der Waals surface area contributed by atoms with Crippen molar-refractivity contribution in [1.29, 1.82) is 0 Å². The van der Waals surface area contributed by atoms with Crippen LogP contribution in [0.25, 0.3) is 0 Å². The van der Waals surface area contributed by atoms with E-state index in [1.807, 2.05) is 30.3 Å². The average Bonchev–Trinajstić information content (AvgIpc) is 3.09. The second-order valence-electron chi connectivity index (χ2n) is 5.46. The molecule has 0 spiro atoms. The van der Waals surface area contributed by atoms with Crippen LogP contribution in [0.5, 0.6) is 0 Å². The molecule has 0 saturated carbocycles. The number of furan rings is 1. The number of nitrogens with one attached hydrogen (secondary N) is 1. The van der Waals surface area contributed by atoms with Gasteiger partial charge in [-0.05, 0) is 24.1 Å². The van der Waals surface area contributed by atoms with Gasteiger partial charge >= 0.3 is 0 Å². The third-order valence-corrected chi connectivity index (χ3v) is 3.57. The van der Waals surface area contributed by atoms with E-state index in [-0.39, 0.29) is 30.2 Å². The summed E-state index contributed by atoms with van der Waals surface area (Å²) in [4.78, 5) is 25.7. The molecule has 0 aliphatic carbocycles. The van der Waals surface area contributed by atoms with Gasteiger partial charge < -0.3 is 14.6 Å². The van der Waals surface area contributed by atoms with Gasteiger partial charge in [0.15, 0.2) is 5.76 Å². The van der Waals surface area contributed by atoms with Crippen LogP contribution in [0.3, 0.4) is 0 Å². The molecule has 0 aliphatic rings. The molecule has 2 amide bonds. The summed E-state index contributed by atoms with van der Waals surface area (Å²) in [6.45, 7) is 2.07. The predicted molar refractivity (Wildman–Crippen MR) is 87.9 cm³/mol. The predicted octanol–water partition coefficient (Wildman–Crippen LogP) is 3.01. The van der Waals surface area contributed by atoms with E-state index in [2.05, 4.69) is 12.2 Å². The van der Waals surface area contributed by atoms with E-state index in [0.717, 1.165) is 18.4 Å². The number of carbonyl (C=O) groups is 2. The average molecular weight is 314 g/mol. The molecule has 2 rings (SSSR count). The van der Waals surface area contributed by atoms with Crippen LogP contribution in [-0.4, -0.2) is 30.3 Å². The van der Waals surface area contributed by atoms with Crippen molar-refractivity contribution in [2.45, 2.75) is 25.8 Å². The smallest absolute Gasteiger partial charge is 0.289 e. The fourth-order valence-electron chi connectivity index (χ4n) is 2.41. The molecule has 1 atom stereocenters. The van der Waals surface area contributed by atoms with Gasteiger partial charge in [-0.3, -0.25) is 9.59 Å². The fourth-order valence-corrected chi connectivity index (χ4v) is 2.41. The molecule has 0 bridgehead atoms.